The molecular weight excluding hydrogens is 322 g/mol. The first kappa shape index (κ1) is 18.1. The average molecular weight is 340 g/mol. The van der Waals surface area contributed by atoms with Gasteiger partial charge in [0.1, 0.15) is 5.69 Å². The largest absolute Gasteiger partial charge is 0.362 e. The van der Waals surface area contributed by atoms with Crippen molar-refractivity contribution >= 4 is 20.9 Å². The molecule has 0 saturated heterocycles. The highest BCUT2D eigenvalue weighted by Crippen LogP contribution is 2.64. The first-order valence-electron chi connectivity index (χ1n) is 6.13. The van der Waals surface area contributed by atoms with Gasteiger partial charge in [0, 0.05) is 6.20 Å². The fourth-order valence-corrected chi connectivity index (χ4v) is 5.03. The van der Waals surface area contributed by atoms with Gasteiger partial charge >= 0.3 is 15.2 Å². The number of anilines is 1. The van der Waals surface area contributed by atoms with Crippen molar-refractivity contribution in [2.75, 3.05) is 18.5 Å². The van der Waals surface area contributed by atoms with Crippen LogP contribution in [0.25, 0.3) is 0 Å². The maximum atomic E-state index is 12.1. The Bertz CT molecular complexity index is 591. The number of nitrogens with one attached hydrogen (secondary N) is 2. The molecule has 0 aliphatic rings. The first-order valence-corrected chi connectivity index (χ1v) is 9.42. The van der Waals surface area contributed by atoms with Gasteiger partial charge in [0.15, 0.2) is 0 Å². The summed E-state index contributed by atoms with van der Waals surface area (Å²) in [6.45, 7) is 2.61. The van der Waals surface area contributed by atoms with E-state index in [0.29, 0.717) is 0 Å². The monoisotopic (exact) mass is 340 g/mol. The van der Waals surface area contributed by atoms with Crippen molar-refractivity contribution in [1.29, 1.82) is 0 Å². The van der Waals surface area contributed by atoms with E-state index in [1.807, 2.05) is 0 Å². The van der Waals surface area contributed by atoms with Crippen molar-refractivity contribution < 1.29 is 28.0 Å². The number of pyridine rings is 1. The molecule has 120 valence electrons. The van der Waals surface area contributed by atoms with Gasteiger partial charge in [-0.3, -0.25) is 13.9 Å². The Kier molecular flexibility index (Phi) is 6.34. The quantitative estimate of drug-likeness (QED) is 0.523. The molecule has 0 spiro atoms. The van der Waals surface area contributed by atoms with E-state index in [-0.39, 0.29) is 18.9 Å². The Morgan fingerprint density at radius 3 is 2.19 bits per heavy atom. The molecule has 0 fully saturated rings. The van der Waals surface area contributed by atoms with Crippen molar-refractivity contribution in [3.05, 3.63) is 28.7 Å². The Balaban J connectivity index is 3.21. The Morgan fingerprint density at radius 1 is 1.24 bits per heavy atom. The van der Waals surface area contributed by atoms with Gasteiger partial charge in [-0.15, -0.1) is 0 Å². The van der Waals surface area contributed by atoms with Crippen molar-refractivity contribution in [3.63, 3.8) is 0 Å². The highest BCUT2D eigenvalue weighted by molar-refractivity contribution is 7.72. The number of rotatable bonds is 8. The number of hydrogen-bond donors (Lipinski definition) is 4. The Morgan fingerprint density at radius 2 is 1.76 bits per heavy atom. The standard InChI is InChI=1S/C10H18N2O7P2/c1-3-18-20(14,15)10(21(16,17)19-4-2)12-8-6-5-7-11-9(8)13/h5-7,10,12H,3-4H2,1-2H3,(H,11,13)(H,14,15)(H,16,17). The Hall–Kier alpha value is -0.950. The van der Waals surface area contributed by atoms with Crippen LogP contribution in [-0.4, -0.2) is 33.5 Å². The number of aromatic nitrogens is 1. The lowest BCUT2D eigenvalue weighted by molar-refractivity contribution is 0.250. The van der Waals surface area contributed by atoms with Crippen LogP contribution in [0.1, 0.15) is 13.8 Å². The highest BCUT2D eigenvalue weighted by atomic mass is 31.2. The lowest BCUT2D eigenvalue weighted by Gasteiger charge is -2.26. The number of hydrogen-bond acceptors (Lipinski definition) is 6. The summed E-state index contributed by atoms with van der Waals surface area (Å²) in [7, 11) is -9.08. The second-order valence-electron chi connectivity index (χ2n) is 3.89. The highest BCUT2D eigenvalue weighted by Gasteiger charge is 2.47. The van der Waals surface area contributed by atoms with Crippen molar-refractivity contribution in [2.45, 2.75) is 19.4 Å². The SMILES string of the molecule is CCOP(=O)(O)C(Nc1ccc[nH]c1=O)P(=O)(O)OCC. The summed E-state index contributed by atoms with van der Waals surface area (Å²) in [6, 6.07) is 2.75. The number of H-pyrrole nitrogens is 1. The zero-order chi connectivity index (χ0) is 16.1. The Labute approximate surface area is 121 Å². The molecule has 0 saturated carbocycles. The summed E-state index contributed by atoms with van der Waals surface area (Å²) < 4.78 is 33.5. The lowest BCUT2D eigenvalue weighted by atomic mass is 10.4. The fraction of sp³-hybridized carbons (Fsp3) is 0.500. The molecule has 0 bridgehead atoms. The van der Waals surface area contributed by atoms with E-state index >= 15 is 0 Å². The van der Waals surface area contributed by atoms with Gasteiger partial charge in [-0.1, -0.05) is 0 Å². The molecule has 0 aromatic carbocycles. The summed E-state index contributed by atoms with van der Waals surface area (Å²) in [5.74, 6) is 0. The smallest absolute Gasteiger partial charge is 0.357 e. The van der Waals surface area contributed by atoms with E-state index in [9.17, 15) is 23.7 Å². The van der Waals surface area contributed by atoms with Gasteiger partial charge in [0.05, 0.1) is 13.2 Å². The van der Waals surface area contributed by atoms with Crippen LogP contribution in [0.3, 0.4) is 0 Å². The molecule has 2 atom stereocenters. The summed E-state index contributed by atoms with van der Waals surface area (Å²) in [6.07, 6.45) is 1.35. The minimum Gasteiger partial charge on any atom is -0.357 e. The third-order valence-corrected chi connectivity index (χ3v) is 6.85. The maximum absolute atomic E-state index is 12.1. The van der Waals surface area contributed by atoms with E-state index in [0.717, 1.165) is 0 Å². The molecule has 4 N–H and O–H groups in total. The summed E-state index contributed by atoms with van der Waals surface area (Å²) >= 11 is 0. The topological polar surface area (TPSA) is 138 Å². The summed E-state index contributed by atoms with van der Waals surface area (Å²) in [5.41, 5.74) is -2.73. The van der Waals surface area contributed by atoms with Crippen LogP contribution >= 0.6 is 15.2 Å². The van der Waals surface area contributed by atoms with E-state index in [1.54, 1.807) is 0 Å². The van der Waals surface area contributed by atoms with Crippen LogP contribution in [0, 0.1) is 0 Å². The molecule has 1 aromatic heterocycles. The van der Waals surface area contributed by atoms with Crippen molar-refractivity contribution in [2.24, 2.45) is 0 Å². The minimum absolute atomic E-state index is 0.148. The van der Waals surface area contributed by atoms with Gasteiger partial charge in [0.2, 0.25) is 5.52 Å². The molecule has 1 aromatic rings. The van der Waals surface area contributed by atoms with Gasteiger partial charge in [-0.25, -0.2) is 0 Å². The van der Waals surface area contributed by atoms with Gasteiger partial charge in [0.25, 0.3) is 5.56 Å². The lowest BCUT2D eigenvalue weighted by Crippen LogP contribution is -2.26. The molecule has 11 heteroatoms. The van der Waals surface area contributed by atoms with E-state index in [4.69, 9.17) is 0 Å². The van der Waals surface area contributed by atoms with E-state index < -0.39 is 26.3 Å². The second-order valence-corrected chi connectivity index (χ2v) is 8.11. The first-order chi connectivity index (χ1) is 9.74. The van der Waals surface area contributed by atoms with Gasteiger partial charge < -0.3 is 29.1 Å². The molecule has 0 aliphatic carbocycles. The number of aromatic amines is 1. The van der Waals surface area contributed by atoms with Crippen molar-refractivity contribution in [3.8, 4) is 0 Å². The third-order valence-electron chi connectivity index (χ3n) is 2.35. The molecular formula is C10H18N2O7P2. The molecule has 2 unspecified atom stereocenters. The predicted octanol–water partition coefficient (Wildman–Crippen LogP) is 1.51. The zero-order valence-corrected chi connectivity index (χ0v) is 13.3. The van der Waals surface area contributed by atoms with Crippen LogP contribution in [0.2, 0.25) is 0 Å². The molecule has 1 heterocycles. The molecule has 9 nitrogen and oxygen atoms in total. The van der Waals surface area contributed by atoms with Gasteiger partial charge in [-0.05, 0) is 26.0 Å². The average Bonchev–Trinajstić information content (AvgIpc) is 2.37. The van der Waals surface area contributed by atoms with Crippen molar-refractivity contribution in [1.82, 2.24) is 4.98 Å². The molecule has 0 amide bonds. The van der Waals surface area contributed by atoms with Crippen LogP contribution < -0.4 is 10.9 Å². The van der Waals surface area contributed by atoms with Crippen LogP contribution in [0.5, 0.6) is 0 Å². The van der Waals surface area contributed by atoms with E-state index in [1.165, 1.54) is 32.2 Å². The summed E-state index contributed by atoms with van der Waals surface area (Å²) in [5, 5.41) is 2.28. The predicted molar refractivity (Wildman–Crippen MR) is 77.4 cm³/mol. The van der Waals surface area contributed by atoms with Crippen LogP contribution in [0.15, 0.2) is 23.1 Å². The van der Waals surface area contributed by atoms with Gasteiger partial charge in [-0.2, -0.15) is 0 Å². The van der Waals surface area contributed by atoms with E-state index in [2.05, 4.69) is 19.3 Å². The normalized spacial score (nSPS) is 18.5. The molecule has 0 radical (unpaired) electrons. The zero-order valence-electron chi connectivity index (χ0n) is 11.6. The second kappa shape index (κ2) is 7.35. The molecule has 21 heavy (non-hydrogen) atoms. The summed E-state index contributed by atoms with van der Waals surface area (Å²) in [4.78, 5) is 33.6. The fourth-order valence-electron chi connectivity index (χ4n) is 1.53. The third kappa shape index (κ3) is 4.78. The molecule has 0 aliphatic heterocycles. The van der Waals surface area contributed by atoms with Crippen LogP contribution in [-0.2, 0) is 18.2 Å². The molecule has 1 rings (SSSR count). The van der Waals surface area contributed by atoms with Crippen LogP contribution in [0.4, 0.5) is 5.69 Å². The minimum atomic E-state index is -4.54. The maximum Gasteiger partial charge on any atom is 0.362 e.